The highest BCUT2D eigenvalue weighted by Crippen LogP contribution is 2.65. The van der Waals surface area contributed by atoms with E-state index in [2.05, 4.69) is 19.1 Å². The van der Waals surface area contributed by atoms with Gasteiger partial charge in [0, 0.05) is 0 Å². The van der Waals surface area contributed by atoms with Gasteiger partial charge in [0.25, 0.3) is 0 Å². The van der Waals surface area contributed by atoms with Crippen molar-refractivity contribution in [2.75, 3.05) is 11.5 Å². The minimum atomic E-state index is -0.132. The van der Waals surface area contributed by atoms with Crippen LogP contribution in [0, 0.1) is 35.5 Å². The zero-order chi connectivity index (χ0) is 16.4. The number of carbonyl (C=O) groups excluding carboxylic acids is 2. The second kappa shape index (κ2) is 4.95. The molecule has 4 heteroatoms. The molecule has 24 heavy (non-hydrogen) atoms. The number of hydrogen-bond donors (Lipinski definition) is 0. The van der Waals surface area contributed by atoms with Gasteiger partial charge in [0.15, 0.2) is 0 Å². The zero-order valence-electron chi connectivity index (χ0n) is 13.7. The Morgan fingerprint density at radius 2 is 1.58 bits per heavy atom. The second-order valence-electron chi connectivity index (χ2n) is 7.51. The molecule has 1 heterocycles. The van der Waals surface area contributed by atoms with Gasteiger partial charge in [-0.25, -0.2) is 0 Å². The molecule has 4 nitrogen and oxygen atoms in total. The maximum atomic E-state index is 13.0. The van der Waals surface area contributed by atoms with Crippen molar-refractivity contribution in [3.05, 3.63) is 36.4 Å². The molecule has 5 aliphatic rings. The summed E-state index contributed by atoms with van der Waals surface area (Å²) in [6, 6.07) is 7.35. The second-order valence-corrected chi connectivity index (χ2v) is 7.51. The first-order valence-corrected chi connectivity index (χ1v) is 8.99. The van der Waals surface area contributed by atoms with Crippen LogP contribution in [0.3, 0.4) is 0 Å². The summed E-state index contributed by atoms with van der Waals surface area (Å²) in [5, 5.41) is 0. The topological polar surface area (TPSA) is 46.6 Å². The predicted octanol–water partition coefficient (Wildman–Crippen LogP) is 3.03. The smallest absolute Gasteiger partial charge is 0.238 e. The lowest BCUT2D eigenvalue weighted by Gasteiger charge is -2.37. The maximum absolute atomic E-state index is 13.0. The molecule has 2 amide bonds. The Bertz CT molecular complexity index is 702. The normalized spacial score (nSPS) is 38.3. The molecular formula is C20H21NO3. The Labute approximate surface area is 141 Å². The molecule has 4 aliphatic carbocycles. The molecule has 1 aliphatic heterocycles. The monoisotopic (exact) mass is 323 g/mol. The van der Waals surface area contributed by atoms with Gasteiger partial charge in [0.2, 0.25) is 11.8 Å². The van der Waals surface area contributed by atoms with Crippen LogP contribution in [-0.2, 0) is 9.59 Å². The molecule has 2 saturated carbocycles. The van der Waals surface area contributed by atoms with E-state index in [-0.39, 0.29) is 35.5 Å². The van der Waals surface area contributed by atoms with Crippen molar-refractivity contribution in [2.24, 2.45) is 35.5 Å². The number of allylic oxidation sites excluding steroid dienone is 2. The van der Waals surface area contributed by atoms with Gasteiger partial charge in [-0.1, -0.05) is 19.1 Å². The molecule has 6 atom stereocenters. The van der Waals surface area contributed by atoms with Crippen LogP contribution in [0.1, 0.15) is 19.8 Å². The Morgan fingerprint density at radius 3 is 2.12 bits per heavy atom. The fourth-order valence-corrected chi connectivity index (χ4v) is 5.12. The number of anilines is 1. The van der Waals surface area contributed by atoms with E-state index < -0.39 is 0 Å². The van der Waals surface area contributed by atoms with Crippen molar-refractivity contribution in [3.8, 4) is 5.75 Å². The first-order chi connectivity index (χ1) is 11.7. The molecule has 0 aromatic heterocycles. The molecule has 0 radical (unpaired) electrons. The maximum Gasteiger partial charge on any atom is 0.238 e. The summed E-state index contributed by atoms with van der Waals surface area (Å²) >= 11 is 0. The van der Waals surface area contributed by atoms with Crippen molar-refractivity contribution in [2.45, 2.75) is 19.8 Å². The highest BCUT2D eigenvalue weighted by Gasteiger charge is 2.67. The van der Waals surface area contributed by atoms with Crippen molar-refractivity contribution in [1.29, 1.82) is 0 Å². The van der Waals surface area contributed by atoms with Crippen LogP contribution >= 0.6 is 0 Å². The lowest BCUT2D eigenvalue weighted by Crippen LogP contribution is -2.40. The SMILES string of the molecule is CCCOc1ccc(N2C(=O)[C@H]3[C@@H]4C=C[C@H]([C@H]5C[C@H]45)[C@@H]3C2=O)cc1. The number of nitrogens with zero attached hydrogens (tertiary/aromatic N) is 1. The van der Waals surface area contributed by atoms with Crippen LogP contribution < -0.4 is 9.64 Å². The van der Waals surface area contributed by atoms with Gasteiger partial charge in [0.1, 0.15) is 5.75 Å². The van der Waals surface area contributed by atoms with Gasteiger partial charge < -0.3 is 4.74 Å². The molecule has 6 rings (SSSR count). The summed E-state index contributed by atoms with van der Waals surface area (Å²) in [6.07, 6.45) is 6.55. The third-order valence-electron chi connectivity index (χ3n) is 6.23. The van der Waals surface area contributed by atoms with Crippen LogP contribution in [0.5, 0.6) is 5.75 Å². The average molecular weight is 323 g/mol. The summed E-state index contributed by atoms with van der Waals surface area (Å²) in [4.78, 5) is 27.4. The Kier molecular flexibility index (Phi) is 2.94. The number of hydrogen-bond acceptors (Lipinski definition) is 3. The van der Waals surface area contributed by atoms with Crippen LogP contribution in [0.25, 0.3) is 0 Å². The van der Waals surface area contributed by atoms with E-state index in [1.54, 1.807) is 0 Å². The van der Waals surface area contributed by atoms with Crippen LogP contribution in [0.4, 0.5) is 5.69 Å². The fraction of sp³-hybridized carbons (Fsp3) is 0.500. The van der Waals surface area contributed by atoms with E-state index in [0.717, 1.165) is 12.2 Å². The van der Waals surface area contributed by atoms with E-state index >= 15 is 0 Å². The summed E-state index contributed by atoms with van der Waals surface area (Å²) < 4.78 is 5.59. The lowest BCUT2D eigenvalue weighted by molar-refractivity contribution is -0.124. The molecule has 1 saturated heterocycles. The highest BCUT2D eigenvalue weighted by atomic mass is 16.5. The van der Waals surface area contributed by atoms with Crippen LogP contribution in [0.2, 0.25) is 0 Å². The highest BCUT2D eigenvalue weighted by molar-refractivity contribution is 6.22. The number of amides is 2. The van der Waals surface area contributed by atoms with E-state index in [1.165, 1.54) is 11.3 Å². The van der Waals surface area contributed by atoms with Gasteiger partial charge in [-0.15, -0.1) is 0 Å². The van der Waals surface area contributed by atoms with Crippen molar-refractivity contribution in [1.82, 2.24) is 0 Å². The summed E-state index contributed by atoms with van der Waals surface area (Å²) in [5.41, 5.74) is 0.677. The van der Waals surface area contributed by atoms with E-state index in [4.69, 9.17) is 4.74 Å². The molecule has 1 aromatic carbocycles. The molecule has 0 N–H and O–H groups in total. The third kappa shape index (κ3) is 1.80. The standard InChI is InChI=1S/C20H21NO3/c1-2-9-24-12-5-3-11(4-6-12)21-19(22)17-13-7-8-14(16-10-15(13)16)18(17)20(21)23/h3-8,13-18H,2,9-10H2,1H3/t13-,14-,15-,16-,17+,18+/m1/s1. The molecule has 0 unspecified atom stereocenters. The zero-order valence-corrected chi connectivity index (χ0v) is 13.7. The Balaban J connectivity index is 1.44. The summed E-state index contributed by atoms with van der Waals surface area (Å²) in [7, 11) is 0. The first-order valence-electron chi connectivity index (χ1n) is 8.99. The summed E-state index contributed by atoms with van der Waals surface area (Å²) in [5.74, 6) is 2.34. The third-order valence-corrected chi connectivity index (χ3v) is 6.23. The van der Waals surface area contributed by atoms with Gasteiger partial charge in [0.05, 0.1) is 24.1 Å². The number of benzene rings is 1. The van der Waals surface area contributed by atoms with Crippen LogP contribution in [-0.4, -0.2) is 18.4 Å². The van der Waals surface area contributed by atoms with Gasteiger partial charge >= 0.3 is 0 Å². The molecular weight excluding hydrogens is 302 g/mol. The predicted molar refractivity (Wildman–Crippen MR) is 89.4 cm³/mol. The van der Waals surface area contributed by atoms with Gasteiger partial charge in [-0.2, -0.15) is 0 Å². The van der Waals surface area contributed by atoms with Crippen molar-refractivity contribution < 1.29 is 14.3 Å². The van der Waals surface area contributed by atoms with Crippen molar-refractivity contribution in [3.63, 3.8) is 0 Å². The number of imide groups is 1. The molecule has 0 spiro atoms. The number of rotatable bonds is 4. The van der Waals surface area contributed by atoms with Crippen LogP contribution in [0.15, 0.2) is 36.4 Å². The molecule has 1 aromatic rings. The Hall–Kier alpha value is -2.10. The number of carbonyl (C=O) groups is 2. The first kappa shape index (κ1) is 14.3. The lowest BCUT2D eigenvalue weighted by atomic mass is 9.63. The van der Waals surface area contributed by atoms with E-state index in [1.807, 2.05) is 24.3 Å². The average Bonchev–Trinajstić information content (AvgIpc) is 3.38. The van der Waals surface area contributed by atoms with Gasteiger partial charge in [-0.3, -0.25) is 14.5 Å². The van der Waals surface area contributed by atoms with Crippen molar-refractivity contribution >= 4 is 17.5 Å². The van der Waals surface area contributed by atoms with E-state index in [9.17, 15) is 9.59 Å². The van der Waals surface area contributed by atoms with E-state index in [0.29, 0.717) is 24.1 Å². The Morgan fingerprint density at radius 1 is 1.00 bits per heavy atom. The molecule has 3 fully saturated rings. The van der Waals surface area contributed by atoms with Gasteiger partial charge in [-0.05, 0) is 60.8 Å². The number of ether oxygens (including phenoxy) is 1. The minimum absolute atomic E-state index is 0.00285. The molecule has 124 valence electrons. The largest absolute Gasteiger partial charge is 0.494 e. The summed E-state index contributed by atoms with van der Waals surface area (Å²) in [6.45, 7) is 2.73. The fourth-order valence-electron chi connectivity index (χ4n) is 5.12. The molecule has 2 bridgehead atoms. The minimum Gasteiger partial charge on any atom is -0.494 e. The quantitative estimate of drug-likeness (QED) is 0.632.